The lowest BCUT2D eigenvalue weighted by molar-refractivity contribution is -0.384. The van der Waals surface area contributed by atoms with Crippen LogP contribution in [0.4, 0.5) is 5.69 Å². The van der Waals surface area contributed by atoms with Crippen molar-refractivity contribution in [2.45, 2.75) is 24.6 Å². The second kappa shape index (κ2) is 7.90. The molecule has 1 fully saturated rings. The Morgan fingerprint density at radius 3 is 3.00 bits per heavy atom. The molecule has 1 aliphatic rings. The third-order valence-corrected chi connectivity index (χ3v) is 6.21. The third kappa shape index (κ3) is 4.40. The van der Waals surface area contributed by atoms with Gasteiger partial charge in [0.1, 0.15) is 0 Å². The van der Waals surface area contributed by atoms with Crippen LogP contribution >= 0.6 is 23.5 Å². The Morgan fingerprint density at radius 2 is 2.35 bits per heavy atom. The molecule has 2 unspecified atom stereocenters. The molecule has 2 rings (SSSR count). The average molecular weight is 312 g/mol. The predicted molar refractivity (Wildman–Crippen MR) is 87.7 cm³/mol. The molecule has 1 aromatic carbocycles. The highest BCUT2D eigenvalue weighted by molar-refractivity contribution is 8.06. The summed E-state index contributed by atoms with van der Waals surface area (Å²) in [5, 5.41) is 15.1. The molecular weight excluding hydrogens is 292 g/mol. The van der Waals surface area contributed by atoms with E-state index in [0.717, 1.165) is 18.5 Å². The van der Waals surface area contributed by atoms with Gasteiger partial charge < -0.3 is 5.32 Å². The Balaban J connectivity index is 1.96. The lowest BCUT2D eigenvalue weighted by Gasteiger charge is -2.24. The zero-order chi connectivity index (χ0) is 14.4. The summed E-state index contributed by atoms with van der Waals surface area (Å²) < 4.78 is 0. The zero-order valence-corrected chi connectivity index (χ0v) is 13.2. The summed E-state index contributed by atoms with van der Waals surface area (Å²) in [5.41, 5.74) is 1.18. The van der Waals surface area contributed by atoms with Gasteiger partial charge in [-0.15, -0.1) is 0 Å². The molecule has 1 heterocycles. The Morgan fingerprint density at radius 1 is 1.50 bits per heavy atom. The minimum atomic E-state index is -0.330. The van der Waals surface area contributed by atoms with Gasteiger partial charge in [0.25, 0.3) is 5.69 Å². The molecule has 0 spiro atoms. The SMILES string of the molecule is CCC(NCC1CSCCS1)c1cccc([N+](=O)[O-])c1. The van der Waals surface area contributed by atoms with Gasteiger partial charge in [-0.25, -0.2) is 0 Å². The highest BCUT2D eigenvalue weighted by Gasteiger charge is 2.17. The second-order valence-electron chi connectivity index (χ2n) is 4.79. The lowest BCUT2D eigenvalue weighted by atomic mass is 10.0. The maximum atomic E-state index is 10.8. The van der Waals surface area contributed by atoms with Crippen LogP contribution in [0.25, 0.3) is 0 Å². The smallest absolute Gasteiger partial charge is 0.269 e. The predicted octanol–water partition coefficient (Wildman–Crippen LogP) is 3.48. The number of non-ortho nitro benzene ring substituents is 1. The largest absolute Gasteiger partial charge is 0.309 e. The number of nitro benzene ring substituents is 1. The zero-order valence-electron chi connectivity index (χ0n) is 11.6. The van der Waals surface area contributed by atoms with E-state index in [2.05, 4.69) is 12.2 Å². The van der Waals surface area contributed by atoms with Crippen LogP contribution in [0.2, 0.25) is 0 Å². The van der Waals surface area contributed by atoms with Gasteiger partial charge >= 0.3 is 0 Å². The molecule has 1 N–H and O–H groups in total. The van der Waals surface area contributed by atoms with Crippen molar-refractivity contribution in [3.05, 3.63) is 39.9 Å². The third-order valence-electron chi connectivity index (χ3n) is 3.37. The fourth-order valence-corrected chi connectivity index (χ4v) is 4.91. The molecule has 1 saturated heterocycles. The summed E-state index contributed by atoms with van der Waals surface area (Å²) >= 11 is 4.04. The maximum Gasteiger partial charge on any atom is 0.269 e. The molecule has 6 heteroatoms. The Bertz CT molecular complexity index is 451. The Labute approximate surface area is 128 Å². The van der Waals surface area contributed by atoms with Crippen LogP contribution in [0.5, 0.6) is 0 Å². The minimum Gasteiger partial charge on any atom is -0.309 e. The number of benzene rings is 1. The summed E-state index contributed by atoms with van der Waals surface area (Å²) in [5.74, 6) is 3.68. The number of nitrogens with zero attached hydrogens (tertiary/aromatic N) is 1. The summed E-state index contributed by atoms with van der Waals surface area (Å²) in [6.45, 7) is 3.08. The van der Waals surface area contributed by atoms with Crippen LogP contribution in [0.1, 0.15) is 24.9 Å². The van der Waals surface area contributed by atoms with Gasteiger partial charge in [-0.05, 0) is 12.0 Å². The van der Waals surface area contributed by atoms with Crippen LogP contribution in [0.15, 0.2) is 24.3 Å². The highest BCUT2D eigenvalue weighted by atomic mass is 32.2. The van der Waals surface area contributed by atoms with Gasteiger partial charge in [0, 0.05) is 47.2 Å². The van der Waals surface area contributed by atoms with E-state index in [9.17, 15) is 10.1 Å². The topological polar surface area (TPSA) is 55.2 Å². The number of rotatable bonds is 6. The summed E-state index contributed by atoms with van der Waals surface area (Å²) in [6.07, 6.45) is 0.936. The fraction of sp³-hybridized carbons (Fsp3) is 0.571. The molecule has 0 aliphatic carbocycles. The molecule has 110 valence electrons. The number of thioether (sulfide) groups is 2. The molecule has 4 nitrogen and oxygen atoms in total. The van der Waals surface area contributed by atoms with Crippen LogP contribution in [-0.4, -0.2) is 34.0 Å². The standard InChI is InChI=1S/C14H20N2O2S2/c1-2-14(15-9-13-10-19-6-7-20-13)11-4-3-5-12(8-11)16(17)18/h3-5,8,13-15H,2,6-7,9-10H2,1H3. The van der Waals surface area contributed by atoms with Crippen molar-refractivity contribution in [3.63, 3.8) is 0 Å². The Hall–Kier alpha value is -0.720. The van der Waals surface area contributed by atoms with Crippen molar-refractivity contribution in [1.82, 2.24) is 5.32 Å². The number of nitro groups is 1. The highest BCUT2D eigenvalue weighted by Crippen LogP contribution is 2.25. The average Bonchev–Trinajstić information content (AvgIpc) is 2.49. The van der Waals surface area contributed by atoms with Crippen molar-refractivity contribution in [2.75, 3.05) is 23.8 Å². The van der Waals surface area contributed by atoms with Gasteiger partial charge in [-0.1, -0.05) is 19.1 Å². The van der Waals surface area contributed by atoms with E-state index in [1.807, 2.05) is 29.6 Å². The van der Waals surface area contributed by atoms with Gasteiger partial charge in [-0.3, -0.25) is 10.1 Å². The molecular formula is C14H20N2O2S2. The number of nitrogens with one attached hydrogen (secondary N) is 1. The first-order valence-electron chi connectivity index (χ1n) is 6.87. The number of hydrogen-bond acceptors (Lipinski definition) is 5. The monoisotopic (exact) mass is 312 g/mol. The normalized spacial score (nSPS) is 20.6. The molecule has 2 atom stereocenters. The van der Waals surface area contributed by atoms with E-state index in [1.165, 1.54) is 17.3 Å². The van der Waals surface area contributed by atoms with Crippen LogP contribution in [0, 0.1) is 10.1 Å². The molecule has 0 aromatic heterocycles. The fourth-order valence-electron chi connectivity index (χ4n) is 2.28. The van der Waals surface area contributed by atoms with E-state index in [-0.39, 0.29) is 16.7 Å². The van der Waals surface area contributed by atoms with Crippen LogP contribution in [-0.2, 0) is 0 Å². The van der Waals surface area contributed by atoms with Crippen molar-refractivity contribution in [3.8, 4) is 0 Å². The van der Waals surface area contributed by atoms with Crippen LogP contribution in [0.3, 0.4) is 0 Å². The molecule has 0 radical (unpaired) electrons. The first kappa shape index (κ1) is 15.7. The van der Waals surface area contributed by atoms with Crippen molar-refractivity contribution >= 4 is 29.2 Å². The van der Waals surface area contributed by atoms with E-state index in [0.29, 0.717) is 5.25 Å². The van der Waals surface area contributed by atoms with Crippen molar-refractivity contribution < 1.29 is 4.92 Å². The van der Waals surface area contributed by atoms with Gasteiger partial charge in [-0.2, -0.15) is 23.5 Å². The van der Waals surface area contributed by atoms with Gasteiger partial charge in [0.05, 0.1) is 4.92 Å². The first-order valence-corrected chi connectivity index (χ1v) is 9.08. The summed E-state index contributed by atoms with van der Waals surface area (Å²) in [6, 6.07) is 7.16. The maximum absolute atomic E-state index is 10.8. The molecule has 0 amide bonds. The van der Waals surface area contributed by atoms with Crippen molar-refractivity contribution in [1.29, 1.82) is 0 Å². The van der Waals surface area contributed by atoms with Gasteiger partial charge in [0.15, 0.2) is 0 Å². The molecule has 0 bridgehead atoms. The van der Waals surface area contributed by atoms with E-state index >= 15 is 0 Å². The van der Waals surface area contributed by atoms with Crippen molar-refractivity contribution in [2.24, 2.45) is 0 Å². The quantitative estimate of drug-likeness (QED) is 0.644. The van der Waals surface area contributed by atoms with Crippen LogP contribution < -0.4 is 5.32 Å². The van der Waals surface area contributed by atoms with Gasteiger partial charge in [0.2, 0.25) is 0 Å². The molecule has 20 heavy (non-hydrogen) atoms. The molecule has 1 aliphatic heterocycles. The van der Waals surface area contributed by atoms with E-state index < -0.39 is 0 Å². The molecule has 0 saturated carbocycles. The summed E-state index contributed by atoms with van der Waals surface area (Å²) in [7, 11) is 0. The van der Waals surface area contributed by atoms with E-state index in [1.54, 1.807) is 18.2 Å². The Kier molecular flexibility index (Phi) is 6.19. The molecule has 1 aromatic rings. The lowest BCUT2D eigenvalue weighted by Crippen LogP contribution is -2.31. The minimum absolute atomic E-state index is 0.172. The second-order valence-corrected chi connectivity index (χ2v) is 7.35. The first-order chi connectivity index (χ1) is 9.70. The summed E-state index contributed by atoms with van der Waals surface area (Å²) in [4.78, 5) is 10.5. The number of hydrogen-bond donors (Lipinski definition) is 1. The van der Waals surface area contributed by atoms with E-state index in [4.69, 9.17) is 0 Å².